The summed E-state index contributed by atoms with van der Waals surface area (Å²) >= 11 is 1.77. The van der Waals surface area contributed by atoms with Crippen LogP contribution in [0.1, 0.15) is 75.8 Å². The molecule has 1 N–H and O–H groups in total. The van der Waals surface area contributed by atoms with Gasteiger partial charge in [-0.3, -0.25) is 0 Å². The van der Waals surface area contributed by atoms with Gasteiger partial charge >= 0.3 is 0 Å². The van der Waals surface area contributed by atoms with Crippen LogP contribution in [0.5, 0.6) is 0 Å². The molecular weight excluding hydrogens is 252 g/mol. The highest BCUT2D eigenvalue weighted by molar-refractivity contribution is 7.09. The molecule has 1 heterocycles. The van der Waals surface area contributed by atoms with Crippen LogP contribution in [0, 0.1) is 6.92 Å². The maximum atomic E-state index is 4.32. The Morgan fingerprint density at radius 1 is 1.11 bits per heavy atom. The van der Waals surface area contributed by atoms with Crippen LogP contribution in [0.15, 0.2) is 5.51 Å². The fraction of sp³-hybridized carbons (Fsp3) is 0.812. The number of aromatic nitrogens is 1. The highest BCUT2D eigenvalue weighted by Gasteiger charge is 2.09. The SMILES string of the molecule is CCCCCC(CCCCC)NCc1scnc1C. The first kappa shape index (κ1) is 16.6. The van der Waals surface area contributed by atoms with Gasteiger partial charge in [-0.25, -0.2) is 4.98 Å². The van der Waals surface area contributed by atoms with Gasteiger partial charge in [0.05, 0.1) is 11.2 Å². The molecule has 0 saturated heterocycles. The fourth-order valence-electron chi connectivity index (χ4n) is 2.36. The zero-order chi connectivity index (χ0) is 13.9. The molecule has 0 aliphatic heterocycles. The summed E-state index contributed by atoms with van der Waals surface area (Å²) in [7, 11) is 0. The van der Waals surface area contributed by atoms with Crippen molar-refractivity contribution in [1.29, 1.82) is 0 Å². The van der Waals surface area contributed by atoms with E-state index in [1.807, 2.05) is 5.51 Å². The summed E-state index contributed by atoms with van der Waals surface area (Å²) in [6.45, 7) is 7.66. The van der Waals surface area contributed by atoms with Crippen LogP contribution in [0.25, 0.3) is 0 Å². The summed E-state index contributed by atoms with van der Waals surface area (Å²) in [6.07, 6.45) is 10.7. The summed E-state index contributed by atoms with van der Waals surface area (Å²) < 4.78 is 0. The molecule has 0 aromatic carbocycles. The van der Waals surface area contributed by atoms with E-state index in [9.17, 15) is 0 Å². The molecule has 0 fully saturated rings. The van der Waals surface area contributed by atoms with E-state index in [0.717, 1.165) is 6.54 Å². The maximum Gasteiger partial charge on any atom is 0.0798 e. The van der Waals surface area contributed by atoms with Gasteiger partial charge in [0.15, 0.2) is 0 Å². The molecule has 0 aliphatic rings. The van der Waals surface area contributed by atoms with Crippen molar-refractivity contribution in [2.75, 3.05) is 0 Å². The van der Waals surface area contributed by atoms with Crippen LogP contribution in [-0.2, 0) is 6.54 Å². The lowest BCUT2D eigenvalue weighted by Crippen LogP contribution is -2.28. The molecule has 0 amide bonds. The maximum absolute atomic E-state index is 4.32. The average Bonchev–Trinajstić information content (AvgIpc) is 2.81. The van der Waals surface area contributed by atoms with Gasteiger partial charge < -0.3 is 5.32 Å². The second kappa shape index (κ2) is 10.4. The molecule has 1 rings (SSSR count). The van der Waals surface area contributed by atoms with Crippen LogP contribution in [0.3, 0.4) is 0 Å². The van der Waals surface area contributed by atoms with E-state index in [1.54, 1.807) is 11.3 Å². The molecule has 0 saturated carbocycles. The quantitative estimate of drug-likeness (QED) is 0.573. The summed E-state index contributed by atoms with van der Waals surface area (Å²) in [6, 6.07) is 0.694. The van der Waals surface area contributed by atoms with Crippen molar-refractivity contribution < 1.29 is 0 Å². The minimum Gasteiger partial charge on any atom is -0.309 e. The number of nitrogens with zero attached hydrogens (tertiary/aromatic N) is 1. The Morgan fingerprint density at radius 2 is 1.74 bits per heavy atom. The van der Waals surface area contributed by atoms with Gasteiger partial charge in [0, 0.05) is 17.5 Å². The topological polar surface area (TPSA) is 24.9 Å². The largest absolute Gasteiger partial charge is 0.309 e. The van der Waals surface area contributed by atoms with Crippen LogP contribution >= 0.6 is 11.3 Å². The average molecular weight is 282 g/mol. The molecule has 0 unspecified atom stereocenters. The van der Waals surface area contributed by atoms with Crippen molar-refractivity contribution in [2.45, 2.75) is 84.7 Å². The number of hydrogen-bond acceptors (Lipinski definition) is 3. The van der Waals surface area contributed by atoms with Gasteiger partial charge in [-0.05, 0) is 19.8 Å². The van der Waals surface area contributed by atoms with Gasteiger partial charge in [-0.1, -0.05) is 52.4 Å². The molecule has 0 radical (unpaired) electrons. The minimum atomic E-state index is 0.694. The van der Waals surface area contributed by atoms with E-state index in [4.69, 9.17) is 0 Å². The van der Waals surface area contributed by atoms with E-state index in [1.165, 1.54) is 61.9 Å². The number of aryl methyl sites for hydroxylation is 1. The normalized spacial score (nSPS) is 11.4. The van der Waals surface area contributed by atoms with Crippen LogP contribution in [-0.4, -0.2) is 11.0 Å². The fourth-order valence-corrected chi connectivity index (χ4v) is 3.09. The van der Waals surface area contributed by atoms with Gasteiger partial charge in [-0.2, -0.15) is 0 Å². The van der Waals surface area contributed by atoms with E-state index in [-0.39, 0.29) is 0 Å². The Bertz CT molecular complexity index is 312. The Morgan fingerprint density at radius 3 is 2.21 bits per heavy atom. The van der Waals surface area contributed by atoms with Crippen LogP contribution < -0.4 is 5.32 Å². The highest BCUT2D eigenvalue weighted by atomic mass is 32.1. The summed E-state index contributed by atoms with van der Waals surface area (Å²) in [4.78, 5) is 5.72. The first-order chi connectivity index (χ1) is 9.27. The lowest BCUT2D eigenvalue weighted by molar-refractivity contribution is 0.418. The predicted molar refractivity (Wildman–Crippen MR) is 85.8 cm³/mol. The minimum absolute atomic E-state index is 0.694. The number of rotatable bonds is 11. The Labute approximate surface area is 123 Å². The van der Waals surface area contributed by atoms with Gasteiger partial charge in [0.1, 0.15) is 0 Å². The molecule has 0 atom stereocenters. The molecule has 0 aliphatic carbocycles. The van der Waals surface area contributed by atoms with Crippen molar-refractivity contribution >= 4 is 11.3 Å². The van der Waals surface area contributed by atoms with Gasteiger partial charge in [0.25, 0.3) is 0 Å². The van der Waals surface area contributed by atoms with Crippen molar-refractivity contribution in [3.05, 3.63) is 16.1 Å². The molecule has 1 aromatic rings. The number of unbranched alkanes of at least 4 members (excludes halogenated alkanes) is 4. The second-order valence-corrected chi connectivity index (χ2v) is 6.37. The lowest BCUT2D eigenvalue weighted by atomic mass is 10.0. The lowest BCUT2D eigenvalue weighted by Gasteiger charge is -2.18. The zero-order valence-corrected chi connectivity index (χ0v) is 13.7. The summed E-state index contributed by atoms with van der Waals surface area (Å²) in [5.74, 6) is 0. The molecule has 2 nitrogen and oxygen atoms in total. The first-order valence-electron chi connectivity index (χ1n) is 7.90. The van der Waals surface area contributed by atoms with Crippen LogP contribution in [0.4, 0.5) is 0 Å². The number of nitrogens with one attached hydrogen (secondary N) is 1. The van der Waals surface area contributed by atoms with Gasteiger partial charge in [-0.15, -0.1) is 11.3 Å². The zero-order valence-electron chi connectivity index (χ0n) is 12.9. The Balaban J connectivity index is 2.32. The van der Waals surface area contributed by atoms with E-state index >= 15 is 0 Å². The molecule has 1 aromatic heterocycles. The number of thiazole rings is 1. The van der Waals surface area contributed by atoms with Gasteiger partial charge in [0.2, 0.25) is 0 Å². The smallest absolute Gasteiger partial charge is 0.0798 e. The van der Waals surface area contributed by atoms with Crippen molar-refractivity contribution in [1.82, 2.24) is 10.3 Å². The first-order valence-corrected chi connectivity index (χ1v) is 8.78. The van der Waals surface area contributed by atoms with Crippen molar-refractivity contribution in [3.8, 4) is 0 Å². The third-order valence-corrected chi connectivity index (χ3v) is 4.64. The molecule has 0 spiro atoms. The molecule has 110 valence electrons. The summed E-state index contributed by atoms with van der Waals surface area (Å²) in [5, 5.41) is 3.75. The third kappa shape index (κ3) is 7.07. The predicted octanol–water partition coefficient (Wildman–Crippen LogP) is 5.07. The van der Waals surface area contributed by atoms with Crippen molar-refractivity contribution in [2.24, 2.45) is 0 Å². The van der Waals surface area contributed by atoms with Crippen LogP contribution in [0.2, 0.25) is 0 Å². The summed E-state index contributed by atoms with van der Waals surface area (Å²) in [5.41, 5.74) is 3.15. The standard InChI is InChI=1S/C16H30N2S/c1-4-6-8-10-15(11-9-7-5-2)17-12-16-14(3)18-13-19-16/h13,15,17H,4-12H2,1-3H3. The molecular formula is C16H30N2S. The Hall–Kier alpha value is -0.410. The molecule has 3 heteroatoms. The molecule has 0 bridgehead atoms. The van der Waals surface area contributed by atoms with E-state index in [0.29, 0.717) is 6.04 Å². The monoisotopic (exact) mass is 282 g/mol. The molecule has 19 heavy (non-hydrogen) atoms. The van der Waals surface area contributed by atoms with Crippen molar-refractivity contribution in [3.63, 3.8) is 0 Å². The van der Waals surface area contributed by atoms with E-state index < -0.39 is 0 Å². The van der Waals surface area contributed by atoms with E-state index in [2.05, 4.69) is 31.1 Å². The second-order valence-electron chi connectivity index (χ2n) is 5.43. The number of hydrogen-bond donors (Lipinski definition) is 1. The Kier molecular flexibility index (Phi) is 9.10. The third-order valence-electron chi connectivity index (χ3n) is 3.71. The highest BCUT2D eigenvalue weighted by Crippen LogP contribution is 2.15.